The Hall–Kier alpha value is -0.570. The lowest BCUT2D eigenvalue weighted by molar-refractivity contribution is -0.143. The molecule has 0 radical (unpaired) electrons. The highest BCUT2D eigenvalue weighted by molar-refractivity contribution is 5.83. The predicted molar refractivity (Wildman–Crippen MR) is 57.9 cm³/mol. The van der Waals surface area contributed by atoms with E-state index in [4.69, 9.17) is 5.73 Å². The lowest BCUT2D eigenvalue weighted by Gasteiger charge is -2.37. The number of carbonyl (C=O) groups excluding carboxylic acids is 1. The summed E-state index contributed by atoms with van der Waals surface area (Å²) in [5.74, 6) is 0.197. The van der Waals surface area contributed by atoms with Crippen LogP contribution in [-0.2, 0) is 4.79 Å². The fraction of sp³-hybridized carbons (Fsp3) is 0.909. The molecule has 0 aliphatic carbocycles. The van der Waals surface area contributed by atoms with Gasteiger partial charge in [0.2, 0.25) is 5.91 Å². The highest BCUT2D eigenvalue weighted by Crippen LogP contribution is 2.32. The third-order valence-electron chi connectivity index (χ3n) is 3.24. The molecule has 0 bridgehead atoms. The molecule has 0 aromatic rings. The minimum Gasteiger partial charge on any atom is -0.337 e. The molecule has 1 amide bonds. The van der Waals surface area contributed by atoms with Crippen LogP contribution in [0.5, 0.6) is 0 Å². The summed E-state index contributed by atoms with van der Waals surface area (Å²) in [7, 11) is 0. The maximum Gasteiger partial charge on any atom is 0.229 e. The summed E-state index contributed by atoms with van der Waals surface area (Å²) in [6.45, 7) is 9.40. The van der Waals surface area contributed by atoms with Gasteiger partial charge < -0.3 is 10.6 Å². The first-order valence-corrected chi connectivity index (χ1v) is 5.33. The molecular formula is C11H22N2O. The zero-order chi connectivity index (χ0) is 11.0. The molecule has 1 heterocycles. The van der Waals surface area contributed by atoms with Gasteiger partial charge in [0.1, 0.15) is 0 Å². The van der Waals surface area contributed by atoms with Gasteiger partial charge in [-0.15, -0.1) is 0 Å². The molecule has 1 aliphatic rings. The van der Waals surface area contributed by atoms with Crippen molar-refractivity contribution in [2.24, 2.45) is 11.1 Å². The first-order chi connectivity index (χ1) is 6.31. The van der Waals surface area contributed by atoms with Crippen molar-refractivity contribution in [1.29, 1.82) is 0 Å². The summed E-state index contributed by atoms with van der Waals surface area (Å²) >= 11 is 0. The van der Waals surface area contributed by atoms with Crippen LogP contribution in [0.25, 0.3) is 0 Å². The number of nitrogens with zero attached hydrogens (tertiary/aromatic N) is 1. The van der Waals surface area contributed by atoms with E-state index in [-0.39, 0.29) is 11.4 Å². The number of nitrogens with two attached hydrogens (primary N) is 1. The molecule has 3 nitrogen and oxygen atoms in total. The van der Waals surface area contributed by atoms with Gasteiger partial charge in [-0.1, -0.05) is 0 Å². The van der Waals surface area contributed by atoms with E-state index in [1.165, 1.54) is 0 Å². The van der Waals surface area contributed by atoms with E-state index in [0.29, 0.717) is 6.54 Å². The monoisotopic (exact) mass is 198 g/mol. The van der Waals surface area contributed by atoms with E-state index in [1.54, 1.807) is 0 Å². The Morgan fingerprint density at radius 3 is 2.43 bits per heavy atom. The van der Waals surface area contributed by atoms with Crippen LogP contribution in [0.3, 0.4) is 0 Å². The summed E-state index contributed by atoms with van der Waals surface area (Å²) < 4.78 is 0. The third-order valence-corrected chi connectivity index (χ3v) is 3.24. The SMILES string of the molecule is CC(C)(CN)C(=O)N1CCCC1(C)C. The maximum absolute atomic E-state index is 12.2. The second-order valence-corrected chi connectivity index (χ2v) is 5.46. The predicted octanol–water partition coefficient (Wildman–Crippen LogP) is 1.37. The fourth-order valence-electron chi connectivity index (χ4n) is 1.94. The Bertz CT molecular complexity index is 233. The van der Waals surface area contributed by atoms with Crippen LogP contribution in [-0.4, -0.2) is 29.4 Å². The Kier molecular flexibility index (Phi) is 2.91. The lowest BCUT2D eigenvalue weighted by atomic mass is 9.90. The van der Waals surface area contributed by atoms with E-state index in [1.807, 2.05) is 18.7 Å². The molecule has 14 heavy (non-hydrogen) atoms. The van der Waals surface area contributed by atoms with Crippen LogP contribution in [0.15, 0.2) is 0 Å². The van der Waals surface area contributed by atoms with Crippen molar-refractivity contribution in [1.82, 2.24) is 4.90 Å². The van der Waals surface area contributed by atoms with Gasteiger partial charge in [-0.3, -0.25) is 4.79 Å². The summed E-state index contributed by atoms with van der Waals surface area (Å²) in [5, 5.41) is 0. The van der Waals surface area contributed by atoms with Gasteiger partial charge in [-0.25, -0.2) is 0 Å². The Morgan fingerprint density at radius 2 is 2.07 bits per heavy atom. The van der Waals surface area contributed by atoms with Crippen LogP contribution in [0.2, 0.25) is 0 Å². The second kappa shape index (κ2) is 3.54. The Labute approximate surface area is 86.6 Å². The second-order valence-electron chi connectivity index (χ2n) is 5.46. The Morgan fingerprint density at radius 1 is 1.50 bits per heavy atom. The van der Waals surface area contributed by atoms with E-state index in [2.05, 4.69) is 13.8 Å². The maximum atomic E-state index is 12.2. The highest BCUT2D eigenvalue weighted by Gasteiger charge is 2.40. The Balaban J connectivity index is 2.80. The van der Waals surface area contributed by atoms with Crippen LogP contribution in [0, 0.1) is 5.41 Å². The normalized spacial score (nSPS) is 21.4. The molecular weight excluding hydrogens is 176 g/mol. The van der Waals surface area contributed by atoms with Crippen LogP contribution >= 0.6 is 0 Å². The standard InChI is InChI=1S/C11H22N2O/c1-10(2,8-12)9(14)13-7-5-6-11(13,3)4/h5-8,12H2,1-4H3. The van der Waals surface area contributed by atoms with Gasteiger partial charge >= 0.3 is 0 Å². The van der Waals surface area contributed by atoms with Crippen molar-refractivity contribution in [3.63, 3.8) is 0 Å². The quantitative estimate of drug-likeness (QED) is 0.728. The van der Waals surface area contributed by atoms with Crippen molar-refractivity contribution in [3.05, 3.63) is 0 Å². The van der Waals surface area contributed by atoms with Crippen molar-refractivity contribution in [2.75, 3.05) is 13.1 Å². The number of carbonyl (C=O) groups is 1. The molecule has 0 atom stereocenters. The lowest BCUT2D eigenvalue weighted by Crippen LogP contribution is -2.50. The first kappa shape index (κ1) is 11.5. The molecule has 1 aliphatic heterocycles. The number of hydrogen-bond acceptors (Lipinski definition) is 2. The average molecular weight is 198 g/mol. The van der Waals surface area contributed by atoms with Crippen molar-refractivity contribution in [3.8, 4) is 0 Å². The van der Waals surface area contributed by atoms with Gasteiger partial charge in [0.15, 0.2) is 0 Å². The van der Waals surface area contributed by atoms with Crippen LogP contribution < -0.4 is 5.73 Å². The zero-order valence-electron chi connectivity index (χ0n) is 9.76. The van der Waals surface area contributed by atoms with Gasteiger partial charge in [0, 0.05) is 18.6 Å². The van der Waals surface area contributed by atoms with Crippen molar-refractivity contribution < 1.29 is 4.79 Å². The fourth-order valence-corrected chi connectivity index (χ4v) is 1.94. The van der Waals surface area contributed by atoms with Gasteiger partial charge in [-0.2, -0.15) is 0 Å². The molecule has 82 valence electrons. The summed E-state index contributed by atoms with van der Waals surface area (Å²) in [6.07, 6.45) is 2.21. The molecule has 1 fully saturated rings. The van der Waals surface area contributed by atoms with Crippen LogP contribution in [0.1, 0.15) is 40.5 Å². The van der Waals surface area contributed by atoms with E-state index >= 15 is 0 Å². The summed E-state index contributed by atoms with van der Waals surface area (Å²) in [4.78, 5) is 14.1. The van der Waals surface area contributed by atoms with E-state index in [0.717, 1.165) is 19.4 Å². The minimum atomic E-state index is -0.415. The van der Waals surface area contributed by atoms with Crippen molar-refractivity contribution >= 4 is 5.91 Å². The summed E-state index contributed by atoms with van der Waals surface area (Å²) in [5.41, 5.74) is 5.22. The number of rotatable bonds is 2. The number of hydrogen-bond donors (Lipinski definition) is 1. The molecule has 0 unspecified atom stereocenters. The molecule has 2 N–H and O–H groups in total. The minimum absolute atomic E-state index is 0.0174. The summed E-state index contributed by atoms with van der Waals surface area (Å²) in [6, 6.07) is 0. The third kappa shape index (κ3) is 1.92. The number of amides is 1. The average Bonchev–Trinajstić information content (AvgIpc) is 2.44. The van der Waals surface area contributed by atoms with Gasteiger partial charge in [0.05, 0.1) is 5.41 Å². The van der Waals surface area contributed by atoms with Gasteiger partial charge in [-0.05, 0) is 40.5 Å². The molecule has 0 aromatic heterocycles. The molecule has 3 heteroatoms. The largest absolute Gasteiger partial charge is 0.337 e. The topological polar surface area (TPSA) is 46.3 Å². The first-order valence-electron chi connectivity index (χ1n) is 5.33. The smallest absolute Gasteiger partial charge is 0.229 e. The van der Waals surface area contributed by atoms with Crippen molar-refractivity contribution in [2.45, 2.75) is 46.1 Å². The molecule has 0 aromatic carbocycles. The molecule has 0 saturated carbocycles. The number of likely N-dealkylation sites (tertiary alicyclic amines) is 1. The van der Waals surface area contributed by atoms with E-state index in [9.17, 15) is 4.79 Å². The van der Waals surface area contributed by atoms with Crippen LogP contribution in [0.4, 0.5) is 0 Å². The molecule has 0 spiro atoms. The zero-order valence-corrected chi connectivity index (χ0v) is 9.76. The van der Waals surface area contributed by atoms with Gasteiger partial charge in [0.25, 0.3) is 0 Å². The highest BCUT2D eigenvalue weighted by atomic mass is 16.2. The van der Waals surface area contributed by atoms with E-state index < -0.39 is 5.41 Å². The molecule has 1 saturated heterocycles. The molecule has 1 rings (SSSR count).